The van der Waals surface area contributed by atoms with E-state index in [0.717, 1.165) is 37.0 Å². The molecule has 3 heterocycles. The normalized spacial score (nSPS) is 11.3. The highest BCUT2D eigenvalue weighted by Gasteiger charge is 2.13. The standard InChI is InChI=1S/C20H17BrN6OS/c1-12-15(13(2)27(26-12)14-6-4-3-5-7-14)11-22-25-20(28)17-10-16(23-24-17)18-8-9-19(21)29-18/h3-11H,1-2H3,(H,23,24)(H,25,28)/b22-11-. The second-order valence-corrected chi connectivity index (χ2v) is 8.76. The molecular weight excluding hydrogens is 452 g/mol. The number of aryl methyl sites for hydroxylation is 1. The molecule has 9 heteroatoms. The van der Waals surface area contributed by atoms with Crippen molar-refractivity contribution in [2.75, 3.05) is 0 Å². The molecule has 3 aromatic heterocycles. The van der Waals surface area contributed by atoms with Crippen LogP contribution in [0.1, 0.15) is 27.4 Å². The van der Waals surface area contributed by atoms with Gasteiger partial charge in [-0.2, -0.15) is 15.3 Å². The SMILES string of the molecule is Cc1nn(-c2ccccc2)c(C)c1/C=N\NC(=O)c1cc(-c2ccc(Br)s2)[nH]n1. The van der Waals surface area contributed by atoms with Gasteiger partial charge in [0.25, 0.3) is 5.91 Å². The van der Waals surface area contributed by atoms with Crippen molar-refractivity contribution in [1.29, 1.82) is 0 Å². The fourth-order valence-corrected chi connectivity index (χ4v) is 4.25. The number of H-pyrrole nitrogens is 1. The minimum Gasteiger partial charge on any atom is -0.276 e. The minimum absolute atomic E-state index is 0.273. The predicted molar refractivity (Wildman–Crippen MR) is 118 cm³/mol. The topological polar surface area (TPSA) is 88.0 Å². The molecule has 0 saturated carbocycles. The number of benzene rings is 1. The summed E-state index contributed by atoms with van der Waals surface area (Å²) in [6.45, 7) is 3.88. The van der Waals surface area contributed by atoms with E-state index in [1.807, 2.05) is 61.0 Å². The van der Waals surface area contributed by atoms with Crippen LogP contribution in [0.4, 0.5) is 0 Å². The summed E-state index contributed by atoms with van der Waals surface area (Å²) in [5.41, 5.74) is 7.19. The van der Waals surface area contributed by atoms with Crippen molar-refractivity contribution in [2.24, 2.45) is 5.10 Å². The van der Waals surface area contributed by atoms with Crippen LogP contribution in [0.15, 0.2) is 57.4 Å². The molecule has 0 aliphatic carbocycles. The van der Waals surface area contributed by atoms with Gasteiger partial charge in [-0.3, -0.25) is 9.89 Å². The van der Waals surface area contributed by atoms with Crippen LogP contribution in [-0.4, -0.2) is 32.1 Å². The van der Waals surface area contributed by atoms with E-state index in [4.69, 9.17) is 0 Å². The molecule has 0 atom stereocenters. The van der Waals surface area contributed by atoms with Crippen molar-refractivity contribution in [1.82, 2.24) is 25.4 Å². The van der Waals surface area contributed by atoms with Gasteiger partial charge >= 0.3 is 0 Å². The first-order valence-electron chi connectivity index (χ1n) is 8.79. The van der Waals surface area contributed by atoms with Crippen molar-refractivity contribution in [3.63, 3.8) is 0 Å². The maximum absolute atomic E-state index is 12.3. The lowest BCUT2D eigenvalue weighted by atomic mass is 10.2. The number of carbonyl (C=O) groups excluding carboxylic acids is 1. The summed E-state index contributed by atoms with van der Waals surface area (Å²) < 4.78 is 2.87. The zero-order valence-corrected chi connectivity index (χ0v) is 18.1. The van der Waals surface area contributed by atoms with E-state index in [1.165, 1.54) is 0 Å². The molecule has 29 heavy (non-hydrogen) atoms. The average molecular weight is 469 g/mol. The zero-order chi connectivity index (χ0) is 20.4. The third kappa shape index (κ3) is 4.06. The highest BCUT2D eigenvalue weighted by molar-refractivity contribution is 9.11. The number of thiophene rings is 1. The Hall–Kier alpha value is -3.04. The molecule has 2 N–H and O–H groups in total. The Balaban J connectivity index is 1.47. The molecule has 146 valence electrons. The number of hydrogen-bond donors (Lipinski definition) is 2. The van der Waals surface area contributed by atoms with E-state index in [-0.39, 0.29) is 11.6 Å². The van der Waals surface area contributed by atoms with E-state index in [1.54, 1.807) is 23.6 Å². The largest absolute Gasteiger partial charge is 0.291 e. The Morgan fingerprint density at radius 1 is 1.24 bits per heavy atom. The van der Waals surface area contributed by atoms with Crippen LogP contribution >= 0.6 is 27.3 Å². The van der Waals surface area contributed by atoms with Crippen molar-refractivity contribution in [3.05, 3.63) is 75.0 Å². The van der Waals surface area contributed by atoms with Gasteiger partial charge in [-0.15, -0.1) is 11.3 Å². The molecule has 0 bridgehead atoms. The van der Waals surface area contributed by atoms with Gasteiger partial charge in [0.1, 0.15) is 0 Å². The number of amides is 1. The van der Waals surface area contributed by atoms with Gasteiger partial charge in [0.2, 0.25) is 0 Å². The van der Waals surface area contributed by atoms with E-state index in [9.17, 15) is 4.79 Å². The lowest BCUT2D eigenvalue weighted by molar-refractivity contribution is 0.0950. The minimum atomic E-state index is -0.384. The highest BCUT2D eigenvalue weighted by Crippen LogP contribution is 2.30. The summed E-state index contributed by atoms with van der Waals surface area (Å²) >= 11 is 4.99. The molecule has 4 aromatic rings. The number of nitrogens with zero attached hydrogens (tertiary/aromatic N) is 4. The molecule has 0 fully saturated rings. The first kappa shape index (κ1) is 19.3. The van der Waals surface area contributed by atoms with Crippen molar-refractivity contribution >= 4 is 39.4 Å². The van der Waals surface area contributed by atoms with Crippen LogP contribution in [-0.2, 0) is 0 Å². The quantitative estimate of drug-likeness (QED) is 0.334. The third-order valence-electron chi connectivity index (χ3n) is 4.36. The summed E-state index contributed by atoms with van der Waals surface area (Å²) in [5.74, 6) is -0.384. The maximum Gasteiger partial charge on any atom is 0.291 e. The molecule has 4 rings (SSSR count). The van der Waals surface area contributed by atoms with Gasteiger partial charge in [-0.1, -0.05) is 18.2 Å². The third-order valence-corrected chi connectivity index (χ3v) is 6.01. The van der Waals surface area contributed by atoms with E-state index >= 15 is 0 Å². The Labute approximate surface area is 179 Å². The summed E-state index contributed by atoms with van der Waals surface area (Å²) in [4.78, 5) is 13.3. The number of halogens is 1. The number of hydrogen-bond acceptors (Lipinski definition) is 5. The number of nitrogens with one attached hydrogen (secondary N) is 2. The molecule has 0 spiro atoms. The molecule has 1 amide bonds. The van der Waals surface area contributed by atoms with Crippen LogP contribution in [0.5, 0.6) is 0 Å². The highest BCUT2D eigenvalue weighted by atomic mass is 79.9. The molecule has 7 nitrogen and oxygen atoms in total. The van der Waals surface area contributed by atoms with E-state index < -0.39 is 0 Å². The molecular formula is C20H17BrN6OS. The zero-order valence-electron chi connectivity index (χ0n) is 15.7. The summed E-state index contributed by atoms with van der Waals surface area (Å²) in [6, 6.07) is 15.5. The van der Waals surface area contributed by atoms with Crippen LogP contribution < -0.4 is 5.43 Å². The Bertz CT molecular complexity index is 1190. The molecule has 0 radical (unpaired) electrons. The van der Waals surface area contributed by atoms with Crippen LogP contribution in [0.25, 0.3) is 16.3 Å². The van der Waals surface area contributed by atoms with Gasteiger partial charge in [0, 0.05) is 5.56 Å². The molecule has 0 unspecified atom stereocenters. The second-order valence-electron chi connectivity index (χ2n) is 6.30. The lowest BCUT2D eigenvalue weighted by Crippen LogP contribution is -2.18. The van der Waals surface area contributed by atoms with Gasteiger partial charge in [0.05, 0.1) is 37.6 Å². The Morgan fingerprint density at radius 2 is 2.03 bits per heavy atom. The fraction of sp³-hybridized carbons (Fsp3) is 0.100. The lowest BCUT2D eigenvalue weighted by Gasteiger charge is -2.03. The van der Waals surface area contributed by atoms with E-state index in [2.05, 4.69) is 41.8 Å². The van der Waals surface area contributed by atoms with Crippen LogP contribution in [0.3, 0.4) is 0 Å². The first-order chi connectivity index (χ1) is 14.0. The van der Waals surface area contributed by atoms with Gasteiger partial charge in [0.15, 0.2) is 5.69 Å². The number of aromatic nitrogens is 4. The number of para-hydroxylation sites is 1. The smallest absolute Gasteiger partial charge is 0.276 e. The summed E-state index contributed by atoms with van der Waals surface area (Å²) in [6.07, 6.45) is 1.61. The average Bonchev–Trinajstić information content (AvgIpc) is 3.43. The summed E-state index contributed by atoms with van der Waals surface area (Å²) in [5, 5.41) is 15.6. The molecule has 0 saturated heterocycles. The van der Waals surface area contributed by atoms with Gasteiger partial charge in [-0.25, -0.2) is 10.1 Å². The number of hydrazone groups is 1. The second kappa shape index (κ2) is 8.14. The van der Waals surface area contributed by atoms with Crippen molar-refractivity contribution in [2.45, 2.75) is 13.8 Å². The number of rotatable bonds is 5. The summed E-state index contributed by atoms with van der Waals surface area (Å²) in [7, 11) is 0. The van der Waals surface area contributed by atoms with Gasteiger partial charge < -0.3 is 0 Å². The molecule has 0 aliphatic rings. The maximum atomic E-state index is 12.3. The molecule has 0 aliphatic heterocycles. The van der Waals surface area contributed by atoms with Crippen LogP contribution in [0, 0.1) is 13.8 Å². The predicted octanol–water partition coefficient (Wildman–Crippen LogP) is 4.47. The van der Waals surface area contributed by atoms with Gasteiger partial charge in [-0.05, 0) is 60.1 Å². The van der Waals surface area contributed by atoms with Crippen molar-refractivity contribution < 1.29 is 4.79 Å². The van der Waals surface area contributed by atoms with E-state index in [0.29, 0.717) is 0 Å². The Kier molecular flexibility index (Phi) is 5.41. The van der Waals surface area contributed by atoms with Crippen LogP contribution in [0.2, 0.25) is 0 Å². The van der Waals surface area contributed by atoms with Crippen molar-refractivity contribution in [3.8, 4) is 16.3 Å². The monoisotopic (exact) mass is 468 g/mol. The first-order valence-corrected chi connectivity index (χ1v) is 10.4. The number of aromatic amines is 1. The fourth-order valence-electron chi connectivity index (χ4n) is 2.90. The Morgan fingerprint density at radius 3 is 2.76 bits per heavy atom. The molecule has 1 aromatic carbocycles. The number of carbonyl (C=O) groups is 1.